The number of aryl methyl sites for hydroxylation is 1. The summed E-state index contributed by atoms with van der Waals surface area (Å²) in [5, 5.41) is 0. The van der Waals surface area contributed by atoms with E-state index in [0.29, 0.717) is 10.3 Å². The van der Waals surface area contributed by atoms with E-state index in [1.54, 1.807) is 18.3 Å². The monoisotopic (exact) mass is 250 g/mol. The molecule has 1 aromatic carbocycles. The van der Waals surface area contributed by atoms with Crippen LogP contribution in [0.1, 0.15) is 5.56 Å². The lowest BCUT2D eigenvalue weighted by molar-refractivity contribution is 0.386. The van der Waals surface area contributed by atoms with Crippen molar-refractivity contribution >= 4 is 12.2 Å². The standard InChI is InChI=1S/C12H11FN2OS/c1-7-6-14-12(17)15-11(7)8-3-4-10(16-2)9(13)5-8/h3-6H,1-2H3,(H,14,15,17). The Balaban J connectivity index is 2.57. The Morgan fingerprint density at radius 3 is 2.82 bits per heavy atom. The molecule has 0 radical (unpaired) electrons. The average molecular weight is 250 g/mol. The lowest BCUT2D eigenvalue weighted by Gasteiger charge is -2.07. The highest BCUT2D eigenvalue weighted by atomic mass is 32.1. The molecule has 0 fully saturated rings. The van der Waals surface area contributed by atoms with Crippen molar-refractivity contribution in [1.29, 1.82) is 0 Å². The molecule has 0 atom stereocenters. The van der Waals surface area contributed by atoms with Crippen LogP contribution in [0.25, 0.3) is 11.3 Å². The van der Waals surface area contributed by atoms with Gasteiger partial charge in [-0.2, -0.15) is 0 Å². The first kappa shape index (κ1) is 11.7. The van der Waals surface area contributed by atoms with E-state index < -0.39 is 5.82 Å². The highest BCUT2D eigenvalue weighted by molar-refractivity contribution is 7.71. The summed E-state index contributed by atoms with van der Waals surface area (Å²) >= 11 is 4.96. The number of nitrogens with zero attached hydrogens (tertiary/aromatic N) is 1. The third kappa shape index (κ3) is 2.34. The van der Waals surface area contributed by atoms with Crippen LogP contribution >= 0.6 is 12.2 Å². The fourth-order valence-corrected chi connectivity index (χ4v) is 1.73. The average Bonchev–Trinajstić information content (AvgIpc) is 2.32. The van der Waals surface area contributed by atoms with Crippen molar-refractivity contribution in [2.45, 2.75) is 6.92 Å². The molecule has 0 amide bonds. The van der Waals surface area contributed by atoms with E-state index in [-0.39, 0.29) is 5.75 Å². The Bertz CT molecular complexity index is 610. The van der Waals surface area contributed by atoms with E-state index in [1.165, 1.54) is 13.2 Å². The van der Waals surface area contributed by atoms with Gasteiger partial charge in [-0.25, -0.2) is 9.37 Å². The van der Waals surface area contributed by atoms with E-state index in [1.807, 2.05) is 6.92 Å². The predicted octanol–water partition coefficient (Wildman–Crippen LogP) is 3.26. The fourth-order valence-electron chi connectivity index (χ4n) is 1.58. The summed E-state index contributed by atoms with van der Waals surface area (Å²) < 4.78 is 18.8. The molecule has 5 heteroatoms. The largest absolute Gasteiger partial charge is 0.494 e. The lowest BCUT2D eigenvalue weighted by atomic mass is 10.1. The quantitative estimate of drug-likeness (QED) is 0.831. The van der Waals surface area contributed by atoms with Gasteiger partial charge in [0, 0.05) is 11.8 Å². The zero-order valence-corrected chi connectivity index (χ0v) is 10.3. The molecule has 0 spiro atoms. The van der Waals surface area contributed by atoms with E-state index in [4.69, 9.17) is 17.0 Å². The van der Waals surface area contributed by atoms with Crippen molar-refractivity contribution < 1.29 is 9.13 Å². The number of nitrogens with one attached hydrogen (secondary N) is 1. The molecule has 1 N–H and O–H groups in total. The van der Waals surface area contributed by atoms with Crippen LogP contribution in [0.15, 0.2) is 24.4 Å². The molecule has 1 heterocycles. The molecule has 0 aliphatic rings. The minimum atomic E-state index is -0.402. The summed E-state index contributed by atoms with van der Waals surface area (Å²) in [5.74, 6) is -0.181. The van der Waals surface area contributed by atoms with Gasteiger partial charge in [0.25, 0.3) is 0 Å². The molecular formula is C12H11FN2OS. The van der Waals surface area contributed by atoms with Crippen LogP contribution in [0, 0.1) is 17.5 Å². The lowest BCUT2D eigenvalue weighted by Crippen LogP contribution is -1.93. The Labute approximate surface area is 103 Å². The van der Waals surface area contributed by atoms with Gasteiger partial charge < -0.3 is 9.72 Å². The summed E-state index contributed by atoms with van der Waals surface area (Å²) in [5.41, 5.74) is 2.39. The van der Waals surface area contributed by atoms with Crippen molar-refractivity contribution in [3.05, 3.63) is 40.5 Å². The molecule has 2 aromatic rings. The summed E-state index contributed by atoms with van der Waals surface area (Å²) in [6.07, 6.45) is 1.66. The normalized spacial score (nSPS) is 10.3. The molecule has 88 valence electrons. The van der Waals surface area contributed by atoms with Crippen LogP contribution in [-0.4, -0.2) is 17.1 Å². The number of hydrogen-bond acceptors (Lipinski definition) is 3. The van der Waals surface area contributed by atoms with E-state index in [0.717, 1.165) is 11.3 Å². The van der Waals surface area contributed by atoms with Crippen molar-refractivity contribution in [3.63, 3.8) is 0 Å². The van der Waals surface area contributed by atoms with Crippen LogP contribution in [0.2, 0.25) is 0 Å². The van der Waals surface area contributed by atoms with E-state index >= 15 is 0 Å². The summed E-state index contributed by atoms with van der Waals surface area (Å²) in [6, 6.07) is 4.77. The second-order valence-electron chi connectivity index (χ2n) is 3.60. The van der Waals surface area contributed by atoms with Crippen LogP contribution in [0.4, 0.5) is 4.39 Å². The van der Waals surface area contributed by atoms with Crippen molar-refractivity contribution in [3.8, 4) is 17.0 Å². The van der Waals surface area contributed by atoms with Gasteiger partial charge in [-0.15, -0.1) is 0 Å². The number of methoxy groups -OCH3 is 1. The van der Waals surface area contributed by atoms with Crippen LogP contribution in [0.5, 0.6) is 5.75 Å². The first-order valence-corrected chi connectivity index (χ1v) is 5.42. The number of ether oxygens (including phenoxy) is 1. The Hall–Kier alpha value is -1.75. The minimum absolute atomic E-state index is 0.221. The molecule has 0 aliphatic heterocycles. The molecular weight excluding hydrogens is 239 g/mol. The number of rotatable bonds is 2. The molecule has 17 heavy (non-hydrogen) atoms. The van der Waals surface area contributed by atoms with Gasteiger partial charge in [-0.3, -0.25) is 0 Å². The SMILES string of the molecule is COc1ccc(-c2[nH]c(=S)ncc2C)cc1F. The number of benzene rings is 1. The number of aromatic nitrogens is 2. The number of H-pyrrole nitrogens is 1. The second kappa shape index (κ2) is 4.63. The molecule has 0 aliphatic carbocycles. The number of aromatic amines is 1. The van der Waals surface area contributed by atoms with Gasteiger partial charge in [0.05, 0.1) is 12.8 Å². The smallest absolute Gasteiger partial charge is 0.197 e. The highest BCUT2D eigenvalue weighted by Gasteiger charge is 2.07. The third-order valence-corrected chi connectivity index (χ3v) is 2.65. The topological polar surface area (TPSA) is 37.9 Å². The first-order chi connectivity index (χ1) is 8.11. The first-order valence-electron chi connectivity index (χ1n) is 5.01. The maximum Gasteiger partial charge on any atom is 0.197 e. The van der Waals surface area contributed by atoms with E-state index in [9.17, 15) is 4.39 Å². The molecule has 0 saturated carbocycles. The number of halogens is 1. The second-order valence-corrected chi connectivity index (χ2v) is 3.98. The predicted molar refractivity (Wildman–Crippen MR) is 66.1 cm³/mol. The fraction of sp³-hybridized carbons (Fsp3) is 0.167. The van der Waals surface area contributed by atoms with E-state index in [2.05, 4.69) is 9.97 Å². The summed E-state index contributed by atoms with van der Waals surface area (Å²) in [4.78, 5) is 6.91. The Morgan fingerprint density at radius 1 is 1.41 bits per heavy atom. The van der Waals surface area contributed by atoms with Gasteiger partial charge in [-0.05, 0) is 42.9 Å². The van der Waals surface area contributed by atoms with Crippen LogP contribution < -0.4 is 4.74 Å². The molecule has 1 aromatic heterocycles. The summed E-state index contributed by atoms with van der Waals surface area (Å²) in [7, 11) is 1.43. The maximum atomic E-state index is 13.6. The van der Waals surface area contributed by atoms with Gasteiger partial charge in [0.15, 0.2) is 16.3 Å². The minimum Gasteiger partial charge on any atom is -0.494 e. The molecule has 0 bridgehead atoms. The number of hydrogen-bond donors (Lipinski definition) is 1. The van der Waals surface area contributed by atoms with Gasteiger partial charge in [0.2, 0.25) is 0 Å². The zero-order chi connectivity index (χ0) is 12.4. The van der Waals surface area contributed by atoms with Crippen molar-refractivity contribution in [1.82, 2.24) is 9.97 Å². The van der Waals surface area contributed by atoms with Crippen LogP contribution in [0.3, 0.4) is 0 Å². The maximum absolute atomic E-state index is 13.6. The zero-order valence-electron chi connectivity index (χ0n) is 9.45. The van der Waals surface area contributed by atoms with Crippen LogP contribution in [-0.2, 0) is 0 Å². The third-order valence-electron chi connectivity index (χ3n) is 2.44. The summed E-state index contributed by atoms with van der Waals surface area (Å²) in [6.45, 7) is 1.88. The molecule has 3 nitrogen and oxygen atoms in total. The van der Waals surface area contributed by atoms with Crippen molar-refractivity contribution in [2.75, 3.05) is 7.11 Å². The Morgan fingerprint density at radius 2 is 2.18 bits per heavy atom. The molecule has 0 unspecified atom stereocenters. The highest BCUT2D eigenvalue weighted by Crippen LogP contribution is 2.25. The molecule has 0 saturated heterocycles. The molecule has 2 rings (SSSR count). The van der Waals surface area contributed by atoms with Crippen molar-refractivity contribution in [2.24, 2.45) is 0 Å². The van der Waals surface area contributed by atoms with Gasteiger partial charge in [-0.1, -0.05) is 0 Å². The van der Waals surface area contributed by atoms with Gasteiger partial charge >= 0.3 is 0 Å². The Kier molecular flexibility index (Phi) is 3.19. The van der Waals surface area contributed by atoms with Gasteiger partial charge in [0.1, 0.15) is 0 Å².